The molecule has 5 heteroatoms. The zero-order valence-electron chi connectivity index (χ0n) is 10.7. The minimum atomic E-state index is 0.181. The molecule has 0 amide bonds. The molecule has 5 nitrogen and oxygen atoms in total. The number of anilines is 2. The highest BCUT2D eigenvalue weighted by molar-refractivity contribution is 5.44. The van der Waals surface area contributed by atoms with E-state index < -0.39 is 0 Å². The van der Waals surface area contributed by atoms with Gasteiger partial charge in [-0.15, -0.1) is 0 Å². The van der Waals surface area contributed by atoms with Crippen molar-refractivity contribution in [3.63, 3.8) is 0 Å². The van der Waals surface area contributed by atoms with E-state index in [0.717, 1.165) is 5.75 Å². The summed E-state index contributed by atoms with van der Waals surface area (Å²) >= 11 is 0. The highest BCUT2D eigenvalue weighted by atomic mass is 16.5. The zero-order chi connectivity index (χ0) is 13.1. The molecule has 0 spiro atoms. The number of hydrogen-bond donors (Lipinski definition) is 2. The lowest BCUT2D eigenvalue weighted by Crippen LogP contribution is -2.01. The number of nitrogens with two attached hydrogens (primary N) is 1. The monoisotopic (exact) mass is 244 g/mol. The van der Waals surface area contributed by atoms with E-state index in [4.69, 9.17) is 10.5 Å². The Hall–Kier alpha value is -2.30. The van der Waals surface area contributed by atoms with Crippen LogP contribution in [-0.2, 0) is 0 Å². The van der Waals surface area contributed by atoms with Crippen LogP contribution in [0.1, 0.15) is 11.1 Å². The summed E-state index contributed by atoms with van der Waals surface area (Å²) < 4.78 is 5.67. The summed E-state index contributed by atoms with van der Waals surface area (Å²) in [5, 5.41) is 2.90. The first-order valence-electron chi connectivity index (χ1n) is 5.66. The van der Waals surface area contributed by atoms with Gasteiger partial charge in [0.05, 0.1) is 0 Å². The van der Waals surface area contributed by atoms with Crippen molar-refractivity contribution in [3.05, 3.63) is 35.4 Å². The largest absolute Gasteiger partial charge is 0.439 e. The Morgan fingerprint density at radius 1 is 1.11 bits per heavy atom. The van der Waals surface area contributed by atoms with Crippen LogP contribution in [0.2, 0.25) is 0 Å². The van der Waals surface area contributed by atoms with Gasteiger partial charge in [0.15, 0.2) is 0 Å². The van der Waals surface area contributed by atoms with E-state index in [0.29, 0.717) is 11.7 Å². The number of nitrogens with one attached hydrogen (secondary N) is 1. The summed E-state index contributed by atoms with van der Waals surface area (Å²) in [6.07, 6.45) is 0. The van der Waals surface area contributed by atoms with Crippen molar-refractivity contribution in [2.75, 3.05) is 18.1 Å². The molecular weight excluding hydrogens is 228 g/mol. The van der Waals surface area contributed by atoms with Gasteiger partial charge in [-0.05, 0) is 37.1 Å². The number of hydrogen-bond acceptors (Lipinski definition) is 5. The predicted octanol–water partition coefficient (Wildman–Crippen LogP) is 2.51. The molecular formula is C13H16N4O. The lowest BCUT2D eigenvalue weighted by Gasteiger charge is -2.08. The molecule has 0 aliphatic carbocycles. The van der Waals surface area contributed by atoms with E-state index in [9.17, 15) is 0 Å². The van der Waals surface area contributed by atoms with Gasteiger partial charge in [0.25, 0.3) is 0 Å². The molecule has 0 atom stereocenters. The maximum absolute atomic E-state index is 5.67. The molecule has 2 rings (SSSR count). The van der Waals surface area contributed by atoms with Gasteiger partial charge < -0.3 is 15.8 Å². The number of benzene rings is 1. The Bertz CT molecular complexity index is 569. The van der Waals surface area contributed by atoms with Crippen molar-refractivity contribution in [1.29, 1.82) is 0 Å². The van der Waals surface area contributed by atoms with Crippen molar-refractivity contribution >= 4 is 11.8 Å². The maximum Gasteiger partial charge on any atom is 0.226 e. The Morgan fingerprint density at radius 2 is 1.89 bits per heavy atom. The molecule has 94 valence electrons. The van der Waals surface area contributed by atoms with E-state index >= 15 is 0 Å². The smallest absolute Gasteiger partial charge is 0.226 e. The SMILES string of the molecule is CNc1cc(Oc2ccc(C)c(C)c2)nc(N)n1. The van der Waals surface area contributed by atoms with Gasteiger partial charge >= 0.3 is 0 Å². The first kappa shape index (κ1) is 12.2. The fourth-order valence-corrected chi connectivity index (χ4v) is 1.52. The molecule has 3 N–H and O–H groups in total. The van der Waals surface area contributed by atoms with Gasteiger partial charge in [0.1, 0.15) is 11.6 Å². The van der Waals surface area contributed by atoms with Crippen LogP contribution in [0.5, 0.6) is 11.6 Å². The Labute approximate surface area is 106 Å². The first-order chi connectivity index (χ1) is 8.58. The van der Waals surface area contributed by atoms with Crippen molar-refractivity contribution in [3.8, 4) is 11.6 Å². The van der Waals surface area contributed by atoms with Gasteiger partial charge in [-0.2, -0.15) is 9.97 Å². The molecule has 0 bridgehead atoms. The lowest BCUT2D eigenvalue weighted by molar-refractivity contribution is 0.462. The normalized spacial score (nSPS) is 10.2. The molecule has 0 unspecified atom stereocenters. The van der Waals surface area contributed by atoms with E-state index in [1.54, 1.807) is 13.1 Å². The van der Waals surface area contributed by atoms with Gasteiger partial charge in [-0.3, -0.25) is 0 Å². The summed E-state index contributed by atoms with van der Waals surface area (Å²) in [5.41, 5.74) is 7.99. The van der Waals surface area contributed by atoms with Crippen LogP contribution in [0.3, 0.4) is 0 Å². The summed E-state index contributed by atoms with van der Waals surface area (Å²) in [5.74, 6) is 1.97. The fraction of sp³-hybridized carbons (Fsp3) is 0.231. The van der Waals surface area contributed by atoms with Crippen LogP contribution in [0.15, 0.2) is 24.3 Å². The summed E-state index contributed by atoms with van der Waals surface area (Å²) in [7, 11) is 1.77. The Kier molecular flexibility index (Phi) is 3.32. The highest BCUT2D eigenvalue weighted by Gasteiger charge is 2.04. The molecule has 1 aromatic heterocycles. The van der Waals surface area contributed by atoms with E-state index in [1.165, 1.54) is 11.1 Å². The van der Waals surface area contributed by atoms with Crippen molar-refractivity contribution in [2.45, 2.75) is 13.8 Å². The van der Waals surface area contributed by atoms with Crippen LogP contribution >= 0.6 is 0 Å². The van der Waals surface area contributed by atoms with Crippen LogP contribution in [0, 0.1) is 13.8 Å². The average Bonchev–Trinajstić information content (AvgIpc) is 2.33. The van der Waals surface area contributed by atoms with E-state index in [2.05, 4.69) is 22.2 Å². The third-order valence-corrected chi connectivity index (χ3v) is 2.68. The van der Waals surface area contributed by atoms with Crippen LogP contribution in [-0.4, -0.2) is 17.0 Å². The minimum Gasteiger partial charge on any atom is -0.439 e. The fourth-order valence-electron chi connectivity index (χ4n) is 1.52. The minimum absolute atomic E-state index is 0.181. The maximum atomic E-state index is 5.67. The highest BCUT2D eigenvalue weighted by Crippen LogP contribution is 2.24. The van der Waals surface area contributed by atoms with Crippen molar-refractivity contribution in [1.82, 2.24) is 9.97 Å². The summed E-state index contributed by atoms with van der Waals surface area (Å²) in [6.45, 7) is 4.09. The molecule has 1 aromatic carbocycles. The number of aromatic nitrogens is 2. The van der Waals surface area contributed by atoms with Gasteiger partial charge in [-0.1, -0.05) is 6.07 Å². The molecule has 0 saturated carbocycles. The standard InChI is InChI=1S/C13H16N4O/c1-8-4-5-10(6-9(8)2)18-12-7-11(15-3)16-13(14)17-12/h4-7H,1-3H3,(H3,14,15,16,17). The average molecular weight is 244 g/mol. The quantitative estimate of drug-likeness (QED) is 0.867. The second-order valence-corrected chi connectivity index (χ2v) is 4.05. The van der Waals surface area contributed by atoms with Gasteiger partial charge in [0, 0.05) is 13.1 Å². The third kappa shape index (κ3) is 2.68. The Balaban J connectivity index is 2.27. The van der Waals surface area contributed by atoms with Gasteiger partial charge in [0.2, 0.25) is 11.8 Å². The molecule has 2 aromatic rings. The number of nitrogen functional groups attached to an aromatic ring is 1. The topological polar surface area (TPSA) is 73.1 Å². The van der Waals surface area contributed by atoms with E-state index in [1.807, 2.05) is 25.1 Å². The molecule has 0 aliphatic rings. The second-order valence-electron chi connectivity index (χ2n) is 4.05. The molecule has 0 saturated heterocycles. The van der Waals surface area contributed by atoms with Crippen LogP contribution in [0.25, 0.3) is 0 Å². The van der Waals surface area contributed by atoms with Crippen molar-refractivity contribution in [2.24, 2.45) is 0 Å². The van der Waals surface area contributed by atoms with Crippen LogP contribution < -0.4 is 15.8 Å². The summed E-state index contributed by atoms with van der Waals surface area (Å²) in [6, 6.07) is 7.58. The number of nitrogens with zero attached hydrogens (tertiary/aromatic N) is 2. The Morgan fingerprint density at radius 3 is 2.56 bits per heavy atom. The summed E-state index contributed by atoms with van der Waals surface area (Å²) in [4.78, 5) is 8.03. The predicted molar refractivity (Wildman–Crippen MR) is 72.0 cm³/mol. The van der Waals surface area contributed by atoms with Gasteiger partial charge in [-0.25, -0.2) is 0 Å². The van der Waals surface area contributed by atoms with Crippen LogP contribution in [0.4, 0.5) is 11.8 Å². The molecule has 0 radical (unpaired) electrons. The first-order valence-corrected chi connectivity index (χ1v) is 5.66. The lowest BCUT2D eigenvalue weighted by atomic mass is 10.1. The zero-order valence-corrected chi connectivity index (χ0v) is 10.7. The number of aryl methyl sites for hydroxylation is 2. The second kappa shape index (κ2) is 4.91. The third-order valence-electron chi connectivity index (χ3n) is 2.68. The number of ether oxygens (including phenoxy) is 1. The number of rotatable bonds is 3. The van der Waals surface area contributed by atoms with Crippen molar-refractivity contribution < 1.29 is 4.74 Å². The van der Waals surface area contributed by atoms with E-state index in [-0.39, 0.29) is 5.95 Å². The molecule has 18 heavy (non-hydrogen) atoms. The molecule has 0 aliphatic heterocycles. The molecule has 0 fully saturated rings. The molecule has 1 heterocycles.